The molecule has 3 N–H and O–H groups in total. The number of aliphatic carboxylic acids is 1. The Bertz CT molecular complexity index is 1190. The molecular formula is C23H20N2O7S. The molecule has 1 amide bonds. The van der Waals surface area contributed by atoms with Crippen molar-refractivity contribution in [2.45, 2.75) is 13.0 Å². The highest BCUT2D eigenvalue weighted by Gasteiger charge is 2.33. The average Bonchev–Trinajstić information content (AvgIpc) is 3.05. The zero-order valence-corrected chi connectivity index (χ0v) is 18.3. The molecule has 33 heavy (non-hydrogen) atoms. The minimum absolute atomic E-state index is 0.0740. The molecule has 1 heterocycles. The van der Waals surface area contributed by atoms with Gasteiger partial charge in [0.25, 0.3) is 5.91 Å². The summed E-state index contributed by atoms with van der Waals surface area (Å²) in [6, 6.07) is 10.4. The molecule has 1 aliphatic rings. The largest absolute Gasteiger partial charge is 0.508 e. The summed E-state index contributed by atoms with van der Waals surface area (Å²) in [5.41, 5.74) is 0.356. The van der Waals surface area contributed by atoms with Gasteiger partial charge in [-0.1, -0.05) is 24.3 Å². The molecule has 2 aromatic rings. The first-order valence-corrected chi connectivity index (χ1v) is 10.5. The van der Waals surface area contributed by atoms with Crippen LogP contribution in [0, 0.1) is 0 Å². The van der Waals surface area contributed by atoms with Crippen LogP contribution >= 0.6 is 11.8 Å². The van der Waals surface area contributed by atoms with E-state index in [1.54, 1.807) is 30.3 Å². The van der Waals surface area contributed by atoms with E-state index < -0.39 is 18.0 Å². The number of para-hydroxylation sites is 1. The summed E-state index contributed by atoms with van der Waals surface area (Å²) in [6.45, 7) is 5.18. The number of benzene rings is 2. The molecule has 2 aromatic carbocycles. The number of amidine groups is 1. The number of carboxylic acid groups (broad SMARTS) is 2. The maximum atomic E-state index is 13.0. The van der Waals surface area contributed by atoms with E-state index in [0.717, 1.165) is 17.8 Å². The number of rotatable bonds is 8. The van der Waals surface area contributed by atoms with Crippen molar-refractivity contribution in [3.63, 3.8) is 0 Å². The predicted molar refractivity (Wildman–Crippen MR) is 124 cm³/mol. The molecule has 10 heteroatoms. The van der Waals surface area contributed by atoms with Crippen molar-refractivity contribution in [2.75, 3.05) is 6.54 Å². The maximum absolute atomic E-state index is 13.0. The molecule has 1 atom stereocenters. The van der Waals surface area contributed by atoms with Gasteiger partial charge in [0, 0.05) is 12.1 Å². The summed E-state index contributed by atoms with van der Waals surface area (Å²) in [6.07, 6.45) is 1.98. The minimum Gasteiger partial charge on any atom is -0.508 e. The van der Waals surface area contributed by atoms with E-state index in [0.29, 0.717) is 11.3 Å². The molecule has 0 bridgehead atoms. The van der Waals surface area contributed by atoms with Crippen molar-refractivity contribution in [3.05, 3.63) is 71.2 Å². The van der Waals surface area contributed by atoms with Crippen molar-refractivity contribution in [1.29, 1.82) is 0 Å². The van der Waals surface area contributed by atoms with Crippen molar-refractivity contribution in [3.8, 4) is 11.5 Å². The monoisotopic (exact) mass is 468 g/mol. The molecule has 1 fully saturated rings. The summed E-state index contributed by atoms with van der Waals surface area (Å²) in [5.74, 6) is -2.71. The van der Waals surface area contributed by atoms with Crippen LogP contribution in [-0.4, -0.2) is 55.9 Å². The molecule has 1 unspecified atom stereocenters. The van der Waals surface area contributed by atoms with E-state index >= 15 is 0 Å². The predicted octanol–water partition coefficient (Wildman–Crippen LogP) is 3.73. The number of aromatic hydroxyl groups is 1. The van der Waals surface area contributed by atoms with Gasteiger partial charge in [0.2, 0.25) is 0 Å². The standard InChI is InChI=1S/C23H20N2O7S/c1-3-10-25-20(27)19(11-14-6-4-5-7-18(14)32-13(2)21(28)29)33-23(25)24-17-9-8-15(26)12-16(17)22(30)31/h3-9,11-13,26H,1,10H2,2H3,(H,28,29)(H,30,31)/b19-11-,24-23?. The SMILES string of the molecule is C=CCN1C(=O)/C(=C/c2ccccc2OC(C)C(=O)O)SC1=Nc1ccc(O)cc1C(=O)O. The Morgan fingerprint density at radius 2 is 1.97 bits per heavy atom. The van der Waals surface area contributed by atoms with Gasteiger partial charge in [-0.15, -0.1) is 6.58 Å². The third kappa shape index (κ3) is 5.42. The lowest BCUT2D eigenvalue weighted by Gasteiger charge is -2.13. The Hall–Kier alpha value is -4.05. The number of phenolic OH excluding ortho intramolecular Hbond substituents is 1. The van der Waals surface area contributed by atoms with E-state index in [-0.39, 0.29) is 39.5 Å². The Morgan fingerprint density at radius 1 is 1.24 bits per heavy atom. The van der Waals surface area contributed by atoms with Gasteiger partial charge in [-0.3, -0.25) is 9.69 Å². The maximum Gasteiger partial charge on any atom is 0.344 e. The fourth-order valence-corrected chi connectivity index (χ4v) is 3.86. The highest BCUT2D eigenvalue weighted by atomic mass is 32.2. The number of carboxylic acids is 2. The van der Waals surface area contributed by atoms with Crippen LogP contribution in [-0.2, 0) is 9.59 Å². The second-order valence-electron chi connectivity index (χ2n) is 6.85. The molecule has 0 radical (unpaired) electrons. The number of aromatic carboxylic acids is 1. The number of hydrogen-bond acceptors (Lipinski definition) is 7. The Balaban J connectivity index is 2.01. The topological polar surface area (TPSA) is 137 Å². The molecule has 0 spiro atoms. The number of aliphatic imine (C=N–C) groups is 1. The normalized spacial score (nSPS) is 16.8. The number of hydrogen-bond donors (Lipinski definition) is 3. The summed E-state index contributed by atoms with van der Waals surface area (Å²) in [5, 5.41) is 28.4. The Labute approximate surface area is 193 Å². The zero-order valence-electron chi connectivity index (χ0n) is 17.5. The van der Waals surface area contributed by atoms with E-state index in [9.17, 15) is 24.6 Å². The number of thioether (sulfide) groups is 1. The zero-order chi connectivity index (χ0) is 24.1. The number of amides is 1. The van der Waals surface area contributed by atoms with Crippen LogP contribution in [0.3, 0.4) is 0 Å². The summed E-state index contributed by atoms with van der Waals surface area (Å²) >= 11 is 1.03. The molecule has 1 saturated heterocycles. The van der Waals surface area contributed by atoms with Gasteiger partial charge in [0.1, 0.15) is 11.5 Å². The van der Waals surface area contributed by atoms with Gasteiger partial charge in [0.15, 0.2) is 11.3 Å². The number of phenols is 1. The van der Waals surface area contributed by atoms with Gasteiger partial charge in [-0.05, 0) is 49.0 Å². The summed E-state index contributed by atoms with van der Waals surface area (Å²) < 4.78 is 5.49. The van der Waals surface area contributed by atoms with Crippen LogP contribution in [0.1, 0.15) is 22.8 Å². The molecular weight excluding hydrogens is 448 g/mol. The number of nitrogens with zero attached hydrogens (tertiary/aromatic N) is 2. The van der Waals surface area contributed by atoms with Crippen molar-refractivity contribution < 1.29 is 34.4 Å². The number of carbonyl (C=O) groups excluding carboxylic acids is 1. The van der Waals surface area contributed by atoms with Crippen LogP contribution in [0.4, 0.5) is 5.69 Å². The van der Waals surface area contributed by atoms with Gasteiger partial charge >= 0.3 is 11.9 Å². The first-order chi connectivity index (χ1) is 15.7. The lowest BCUT2D eigenvalue weighted by molar-refractivity contribution is -0.144. The van der Waals surface area contributed by atoms with Crippen molar-refractivity contribution in [2.24, 2.45) is 4.99 Å². The van der Waals surface area contributed by atoms with Gasteiger partial charge in [-0.25, -0.2) is 14.6 Å². The smallest absolute Gasteiger partial charge is 0.344 e. The lowest BCUT2D eigenvalue weighted by atomic mass is 10.1. The van der Waals surface area contributed by atoms with Gasteiger partial charge in [-0.2, -0.15) is 0 Å². The molecule has 0 aliphatic carbocycles. The van der Waals surface area contributed by atoms with Crippen molar-refractivity contribution >= 4 is 46.5 Å². The molecule has 9 nitrogen and oxygen atoms in total. The molecule has 170 valence electrons. The fraction of sp³-hybridized carbons (Fsp3) is 0.130. The lowest BCUT2D eigenvalue weighted by Crippen LogP contribution is -2.29. The van der Waals surface area contributed by atoms with Crippen LogP contribution in [0.5, 0.6) is 11.5 Å². The van der Waals surface area contributed by atoms with E-state index in [1.807, 2.05) is 0 Å². The van der Waals surface area contributed by atoms with Gasteiger partial charge < -0.3 is 20.1 Å². The Kier molecular flexibility index (Phi) is 7.19. The minimum atomic E-state index is -1.27. The van der Waals surface area contributed by atoms with Crippen molar-refractivity contribution in [1.82, 2.24) is 4.90 Å². The Morgan fingerprint density at radius 3 is 2.64 bits per heavy atom. The van der Waals surface area contributed by atoms with Gasteiger partial charge in [0.05, 0.1) is 16.2 Å². The second-order valence-corrected chi connectivity index (χ2v) is 7.86. The van der Waals surface area contributed by atoms with Crippen LogP contribution < -0.4 is 4.74 Å². The number of ether oxygens (including phenoxy) is 1. The quantitative estimate of drug-likeness (QED) is 0.394. The summed E-state index contributed by atoms with van der Waals surface area (Å²) in [7, 11) is 0. The first kappa shape index (κ1) is 23.6. The second kappa shape index (κ2) is 10.0. The highest BCUT2D eigenvalue weighted by molar-refractivity contribution is 8.18. The molecule has 3 rings (SSSR count). The number of carbonyl (C=O) groups is 3. The van der Waals surface area contributed by atoms with E-state index in [2.05, 4.69) is 11.6 Å². The fourth-order valence-electron chi connectivity index (χ4n) is 2.87. The highest BCUT2D eigenvalue weighted by Crippen LogP contribution is 2.36. The molecule has 1 aliphatic heterocycles. The van der Waals surface area contributed by atoms with E-state index in [1.165, 1.54) is 30.0 Å². The van der Waals surface area contributed by atoms with Crippen LogP contribution in [0.25, 0.3) is 6.08 Å². The van der Waals surface area contributed by atoms with Crippen LogP contribution in [0.2, 0.25) is 0 Å². The van der Waals surface area contributed by atoms with E-state index in [4.69, 9.17) is 9.84 Å². The third-order valence-corrected chi connectivity index (χ3v) is 5.49. The third-order valence-electron chi connectivity index (χ3n) is 4.48. The average molecular weight is 468 g/mol. The molecule has 0 aromatic heterocycles. The summed E-state index contributed by atoms with van der Waals surface area (Å²) in [4.78, 5) is 41.7. The molecule has 0 saturated carbocycles. The first-order valence-electron chi connectivity index (χ1n) is 9.67. The van der Waals surface area contributed by atoms with Crippen LogP contribution in [0.15, 0.2) is 65.0 Å².